The summed E-state index contributed by atoms with van der Waals surface area (Å²) >= 11 is 1.72. The Labute approximate surface area is 147 Å². The summed E-state index contributed by atoms with van der Waals surface area (Å²) in [5.74, 6) is 1.22. The smallest absolute Gasteiger partial charge is 0.227 e. The lowest BCUT2D eigenvalue weighted by molar-refractivity contribution is -0.118. The predicted octanol–water partition coefficient (Wildman–Crippen LogP) is 3.98. The second-order valence-electron chi connectivity index (χ2n) is 6.08. The zero-order valence-electron chi connectivity index (χ0n) is 14.4. The first-order valence-electron chi connectivity index (χ1n) is 8.32. The molecule has 126 valence electrons. The average Bonchev–Trinajstić information content (AvgIpc) is 2.62. The van der Waals surface area contributed by atoms with Crippen molar-refractivity contribution in [2.45, 2.75) is 32.7 Å². The van der Waals surface area contributed by atoms with Gasteiger partial charge in [-0.25, -0.2) is 0 Å². The molecule has 24 heavy (non-hydrogen) atoms. The van der Waals surface area contributed by atoms with Crippen molar-refractivity contribution in [1.29, 1.82) is 0 Å². The Morgan fingerprint density at radius 2 is 2.08 bits per heavy atom. The number of pyridine rings is 1. The van der Waals surface area contributed by atoms with E-state index < -0.39 is 0 Å². The van der Waals surface area contributed by atoms with Gasteiger partial charge >= 0.3 is 0 Å². The molecule has 0 saturated heterocycles. The molecule has 0 saturated carbocycles. The van der Waals surface area contributed by atoms with Crippen LogP contribution in [0.1, 0.15) is 37.4 Å². The Morgan fingerprint density at radius 1 is 1.25 bits per heavy atom. The topological polar surface area (TPSA) is 45.2 Å². The summed E-state index contributed by atoms with van der Waals surface area (Å²) in [6.07, 6.45) is 5.22. The van der Waals surface area contributed by atoms with Gasteiger partial charge in [0, 0.05) is 48.9 Å². The Bertz CT molecular complexity index is 747. The molecule has 1 N–H and O–H groups in total. The van der Waals surface area contributed by atoms with Crippen molar-refractivity contribution in [3.63, 3.8) is 0 Å². The van der Waals surface area contributed by atoms with E-state index in [0.717, 1.165) is 29.0 Å². The SMILES string of the molecule is CCSNC(C)c1cncc(-c2ccc3c(c2)CCC(=O)N3C)c1. The number of hydrogen-bond acceptors (Lipinski definition) is 4. The fraction of sp³-hybridized carbons (Fsp3) is 0.368. The molecule has 0 bridgehead atoms. The van der Waals surface area contributed by atoms with Crippen LogP contribution in [0, 0.1) is 0 Å². The van der Waals surface area contributed by atoms with E-state index in [-0.39, 0.29) is 11.9 Å². The van der Waals surface area contributed by atoms with Crippen molar-refractivity contribution in [2.24, 2.45) is 0 Å². The maximum Gasteiger partial charge on any atom is 0.227 e. The van der Waals surface area contributed by atoms with Crippen molar-refractivity contribution in [1.82, 2.24) is 9.71 Å². The number of hydrogen-bond donors (Lipinski definition) is 1. The fourth-order valence-electron chi connectivity index (χ4n) is 2.96. The Hall–Kier alpha value is -1.85. The number of carbonyl (C=O) groups excluding carboxylic acids is 1. The van der Waals surface area contributed by atoms with Crippen LogP contribution in [0.2, 0.25) is 0 Å². The van der Waals surface area contributed by atoms with Crippen LogP contribution in [0.4, 0.5) is 5.69 Å². The minimum atomic E-state index is 0.187. The third-order valence-electron chi connectivity index (χ3n) is 4.42. The van der Waals surface area contributed by atoms with Crippen molar-refractivity contribution in [3.05, 3.63) is 47.8 Å². The summed E-state index contributed by atoms with van der Waals surface area (Å²) in [5, 5.41) is 0. The second kappa shape index (κ2) is 7.36. The van der Waals surface area contributed by atoms with E-state index in [2.05, 4.69) is 41.8 Å². The van der Waals surface area contributed by atoms with E-state index in [1.807, 2.05) is 25.5 Å². The minimum absolute atomic E-state index is 0.187. The van der Waals surface area contributed by atoms with E-state index >= 15 is 0 Å². The summed E-state index contributed by atoms with van der Waals surface area (Å²) in [6.45, 7) is 4.28. The summed E-state index contributed by atoms with van der Waals surface area (Å²) in [4.78, 5) is 18.0. The monoisotopic (exact) mass is 341 g/mol. The zero-order valence-corrected chi connectivity index (χ0v) is 15.2. The van der Waals surface area contributed by atoms with Crippen molar-refractivity contribution in [2.75, 3.05) is 17.7 Å². The van der Waals surface area contributed by atoms with Gasteiger partial charge < -0.3 is 4.90 Å². The Balaban J connectivity index is 1.88. The molecule has 0 aliphatic carbocycles. The minimum Gasteiger partial charge on any atom is -0.315 e. The first-order chi connectivity index (χ1) is 11.6. The van der Waals surface area contributed by atoms with E-state index in [4.69, 9.17) is 0 Å². The molecule has 1 aliphatic heterocycles. The summed E-state index contributed by atoms with van der Waals surface area (Å²) < 4.78 is 3.42. The molecular formula is C19H23N3OS. The molecule has 1 atom stereocenters. The number of anilines is 1. The summed E-state index contributed by atoms with van der Waals surface area (Å²) in [7, 11) is 1.85. The zero-order chi connectivity index (χ0) is 17.1. The van der Waals surface area contributed by atoms with Gasteiger partial charge in [0.15, 0.2) is 0 Å². The molecule has 1 aromatic heterocycles. The molecule has 2 heterocycles. The number of nitrogens with zero attached hydrogens (tertiary/aromatic N) is 2. The van der Waals surface area contributed by atoms with Gasteiger partial charge in [-0.1, -0.05) is 24.9 Å². The van der Waals surface area contributed by atoms with Crippen LogP contribution < -0.4 is 9.62 Å². The van der Waals surface area contributed by atoms with Gasteiger partial charge in [-0.2, -0.15) is 0 Å². The number of aryl methyl sites for hydroxylation is 1. The predicted molar refractivity (Wildman–Crippen MR) is 101 cm³/mol. The number of amides is 1. The van der Waals surface area contributed by atoms with Crippen molar-refractivity contribution < 1.29 is 4.79 Å². The number of nitrogens with one attached hydrogen (secondary N) is 1. The number of rotatable bonds is 5. The lowest BCUT2D eigenvalue weighted by atomic mass is 9.96. The number of fused-ring (bicyclic) bond motifs is 1. The van der Waals surface area contributed by atoms with Crippen LogP contribution in [0.25, 0.3) is 11.1 Å². The van der Waals surface area contributed by atoms with Crippen molar-refractivity contribution >= 4 is 23.5 Å². The second-order valence-corrected chi connectivity index (χ2v) is 7.18. The lowest BCUT2D eigenvalue weighted by Gasteiger charge is -2.26. The van der Waals surface area contributed by atoms with Gasteiger partial charge in [0.25, 0.3) is 0 Å². The van der Waals surface area contributed by atoms with E-state index in [1.54, 1.807) is 16.8 Å². The molecule has 2 aromatic rings. The van der Waals surface area contributed by atoms with Gasteiger partial charge in [0.05, 0.1) is 0 Å². The molecular weight excluding hydrogens is 318 g/mol. The highest BCUT2D eigenvalue weighted by Gasteiger charge is 2.21. The maximum absolute atomic E-state index is 11.8. The third kappa shape index (κ3) is 3.47. The van der Waals surface area contributed by atoms with Crippen LogP contribution in [0.3, 0.4) is 0 Å². The molecule has 0 radical (unpaired) electrons. The molecule has 4 nitrogen and oxygen atoms in total. The van der Waals surface area contributed by atoms with E-state index in [0.29, 0.717) is 6.42 Å². The quantitative estimate of drug-likeness (QED) is 0.836. The third-order valence-corrected chi connectivity index (χ3v) is 5.23. The van der Waals surface area contributed by atoms with Crippen LogP contribution in [0.15, 0.2) is 36.7 Å². The fourth-order valence-corrected chi connectivity index (χ4v) is 3.52. The molecule has 1 aromatic carbocycles. The Morgan fingerprint density at radius 3 is 2.88 bits per heavy atom. The van der Waals surface area contributed by atoms with Gasteiger partial charge in [-0.3, -0.25) is 14.5 Å². The highest BCUT2D eigenvalue weighted by molar-refractivity contribution is 7.97. The Kier molecular flexibility index (Phi) is 5.21. The van der Waals surface area contributed by atoms with Crippen LogP contribution in [0.5, 0.6) is 0 Å². The first kappa shape index (κ1) is 17.0. The normalized spacial score (nSPS) is 15.3. The van der Waals surface area contributed by atoms with E-state index in [9.17, 15) is 4.79 Å². The highest BCUT2D eigenvalue weighted by atomic mass is 32.2. The van der Waals surface area contributed by atoms with Crippen molar-refractivity contribution in [3.8, 4) is 11.1 Å². The lowest BCUT2D eigenvalue weighted by Crippen LogP contribution is -2.30. The average molecular weight is 341 g/mol. The summed E-state index contributed by atoms with van der Waals surface area (Å²) in [5.41, 5.74) is 5.70. The van der Waals surface area contributed by atoms with Gasteiger partial charge in [-0.15, -0.1) is 0 Å². The molecule has 1 unspecified atom stereocenters. The molecule has 0 spiro atoms. The molecule has 1 aliphatic rings. The largest absolute Gasteiger partial charge is 0.315 e. The standard InChI is InChI=1S/C19H23N3OS/c1-4-24-21-13(2)16-10-17(12-20-11-16)14-5-7-18-15(9-14)6-8-19(23)22(18)3/h5,7,9-13,21H,4,6,8H2,1-3H3. The molecule has 1 amide bonds. The summed E-state index contributed by atoms with van der Waals surface area (Å²) in [6, 6.07) is 8.76. The highest BCUT2D eigenvalue weighted by Crippen LogP contribution is 2.31. The van der Waals surface area contributed by atoms with Crippen LogP contribution in [-0.4, -0.2) is 23.7 Å². The molecule has 0 fully saturated rings. The number of carbonyl (C=O) groups is 1. The van der Waals surface area contributed by atoms with Gasteiger partial charge in [0.2, 0.25) is 5.91 Å². The van der Waals surface area contributed by atoms with Gasteiger partial charge in [-0.05, 0) is 48.2 Å². The molecule has 5 heteroatoms. The van der Waals surface area contributed by atoms with Gasteiger partial charge in [0.1, 0.15) is 0 Å². The van der Waals surface area contributed by atoms with E-state index in [1.165, 1.54) is 11.1 Å². The number of aromatic nitrogens is 1. The maximum atomic E-state index is 11.8. The number of benzene rings is 1. The van der Waals surface area contributed by atoms with Crippen LogP contribution >= 0.6 is 11.9 Å². The molecule has 3 rings (SSSR count). The first-order valence-corrected chi connectivity index (χ1v) is 9.30. The van der Waals surface area contributed by atoms with Crippen LogP contribution in [-0.2, 0) is 11.2 Å².